The van der Waals surface area contributed by atoms with E-state index in [1.54, 1.807) is 36.7 Å². The van der Waals surface area contributed by atoms with Crippen LogP contribution in [0, 0.1) is 0 Å². The summed E-state index contributed by atoms with van der Waals surface area (Å²) in [6.45, 7) is 1.84. The largest absolute Gasteiger partial charge is 0.362 e. The molecule has 2 heterocycles. The van der Waals surface area contributed by atoms with Crippen molar-refractivity contribution in [3.8, 4) is 0 Å². The van der Waals surface area contributed by atoms with E-state index in [4.69, 9.17) is 23.2 Å². The minimum Gasteiger partial charge on any atom is -0.362 e. The maximum atomic E-state index is 13.3. The number of carbonyl (C=O) groups excluding carboxylic acids is 2. The fourth-order valence-corrected chi connectivity index (χ4v) is 4.39. The van der Waals surface area contributed by atoms with Crippen LogP contribution in [0.25, 0.3) is 0 Å². The highest BCUT2D eigenvalue weighted by Gasteiger charge is 2.39. The first-order chi connectivity index (χ1) is 14.0. The van der Waals surface area contributed by atoms with E-state index >= 15 is 0 Å². The van der Waals surface area contributed by atoms with Crippen LogP contribution in [0.2, 0.25) is 10.0 Å². The Morgan fingerprint density at radius 1 is 1.21 bits per heavy atom. The highest BCUT2D eigenvalue weighted by Crippen LogP contribution is 2.45. The molecule has 0 saturated heterocycles. The third-order valence-electron chi connectivity index (χ3n) is 5.23. The molecule has 2 N–H and O–H groups in total. The Morgan fingerprint density at radius 2 is 2.03 bits per heavy atom. The fraction of sp³-hybridized carbons (Fsp3) is 0.227. The smallest absolute Gasteiger partial charge is 0.254 e. The summed E-state index contributed by atoms with van der Waals surface area (Å²) >= 11 is 12.8. The van der Waals surface area contributed by atoms with Crippen molar-refractivity contribution >= 4 is 40.6 Å². The van der Waals surface area contributed by atoms with Crippen molar-refractivity contribution in [3.05, 3.63) is 80.9 Å². The van der Waals surface area contributed by atoms with Gasteiger partial charge in [-0.1, -0.05) is 35.3 Å². The summed E-state index contributed by atoms with van der Waals surface area (Å²) in [5.74, 6) is -0.866. The molecule has 0 radical (unpaired) electrons. The molecule has 5 nitrogen and oxygen atoms in total. The lowest BCUT2D eigenvalue weighted by molar-refractivity contribution is -0.116. The van der Waals surface area contributed by atoms with Crippen LogP contribution in [0.4, 0.5) is 5.69 Å². The van der Waals surface area contributed by atoms with Gasteiger partial charge in [-0.3, -0.25) is 14.6 Å². The van der Waals surface area contributed by atoms with E-state index in [0.29, 0.717) is 44.6 Å². The molecule has 1 aliphatic heterocycles. The van der Waals surface area contributed by atoms with Gasteiger partial charge in [-0.05, 0) is 43.5 Å². The van der Waals surface area contributed by atoms with Crippen molar-refractivity contribution < 1.29 is 9.59 Å². The van der Waals surface area contributed by atoms with E-state index in [9.17, 15) is 9.59 Å². The Kier molecular flexibility index (Phi) is 5.43. The molecular formula is C22H19Cl2N3O2. The van der Waals surface area contributed by atoms with Gasteiger partial charge in [0.2, 0.25) is 0 Å². The van der Waals surface area contributed by atoms with E-state index in [1.165, 1.54) is 0 Å². The lowest BCUT2D eigenvalue weighted by Crippen LogP contribution is -2.35. The Bertz CT molecular complexity index is 1060. The first-order valence-corrected chi connectivity index (χ1v) is 10.1. The van der Waals surface area contributed by atoms with Crippen molar-refractivity contribution in [3.63, 3.8) is 0 Å². The van der Waals surface area contributed by atoms with Crippen LogP contribution in [0.5, 0.6) is 0 Å². The number of dihydropyridines is 1. The summed E-state index contributed by atoms with van der Waals surface area (Å²) in [5.41, 5.74) is 3.83. The number of halogens is 2. The standard InChI is InChI=1S/C22H19Cl2N3O2/c1-12-18(22(29)27-13-5-4-10-25-11-13)19(14-6-2-7-15(23)21(14)24)20-16(26-12)8-3-9-17(20)28/h2,4-7,10-11,19,26H,3,8-9H2,1H3,(H,27,29)/t19-/m1/s1. The number of carbonyl (C=O) groups is 2. The van der Waals surface area contributed by atoms with Gasteiger partial charge in [0.25, 0.3) is 5.91 Å². The highest BCUT2D eigenvalue weighted by atomic mass is 35.5. The number of allylic oxidation sites excluding steroid dienone is 3. The second-order valence-corrected chi connectivity index (χ2v) is 7.89. The van der Waals surface area contributed by atoms with Gasteiger partial charge in [-0.25, -0.2) is 0 Å². The molecule has 0 fully saturated rings. The number of Topliss-reactive ketones (excluding diaryl/α,β-unsaturated/α-hetero) is 1. The molecular weight excluding hydrogens is 409 g/mol. The van der Waals surface area contributed by atoms with Crippen LogP contribution in [-0.2, 0) is 9.59 Å². The number of amides is 1. The zero-order chi connectivity index (χ0) is 20.5. The maximum absolute atomic E-state index is 13.3. The van der Waals surface area contributed by atoms with Gasteiger partial charge < -0.3 is 10.6 Å². The van der Waals surface area contributed by atoms with Gasteiger partial charge in [-0.15, -0.1) is 0 Å². The van der Waals surface area contributed by atoms with Crippen molar-refractivity contribution in [2.24, 2.45) is 0 Å². The van der Waals surface area contributed by atoms with Crippen LogP contribution >= 0.6 is 23.2 Å². The van der Waals surface area contributed by atoms with Gasteiger partial charge >= 0.3 is 0 Å². The van der Waals surface area contributed by atoms with Crippen molar-refractivity contribution in [2.75, 3.05) is 5.32 Å². The third kappa shape index (κ3) is 3.68. The Hall–Kier alpha value is -2.63. The molecule has 29 heavy (non-hydrogen) atoms. The first kappa shape index (κ1) is 19.7. The fourth-order valence-electron chi connectivity index (χ4n) is 3.97. The van der Waals surface area contributed by atoms with Crippen LogP contribution in [0.1, 0.15) is 37.7 Å². The van der Waals surface area contributed by atoms with Gasteiger partial charge in [0, 0.05) is 41.1 Å². The summed E-state index contributed by atoms with van der Waals surface area (Å²) in [6, 6.07) is 8.80. The Morgan fingerprint density at radius 3 is 2.79 bits per heavy atom. The van der Waals surface area contributed by atoms with Gasteiger partial charge in [0.05, 0.1) is 21.9 Å². The lowest BCUT2D eigenvalue weighted by Gasteiger charge is -2.35. The monoisotopic (exact) mass is 427 g/mol. The van der Waals surface area contributed by atoms with Gasteiger partial charge in [0.15, 0.2) is 5.78 Å². The van der Waals surface area contributed by atoms with Gasteiger partial charge in [0.1, 0.15) is 0 Å². The quantitative estimate of drug-likeness (QED) is 0.722. The average molecular weight is 428 g/mol. The molecule has 4 rings (SSSR count). The minimum atomic E-state index is -0.582. The molecule has 1 amide bonds. The molecule has 2 aromatic rings. The second-order valence-electron chi connectivity index (χ2n) is 7.10. The van der Waals surface area contributed by atoms with E-state index in [-0.39, 0.29) is 11.7 Å². The number of rotatable bonds is 3. The van der Waals surface area contributed by atoms with E-state index in [2.05, 4.69) is 15.6 Å². The zero-order valence-electron chi connectivity index (χ0n) is 15.8. The summed E-state index contributed by atoms with van der Waals surface area (Å²) in [7, 11) is 0. The first-order valence-electron chi connectivity index (χ1n) is 9.36. The lowest BCUT2D eigenvalue weighted by atomic mass is 9.75. The summed E-state index contributed by atoms with van der Waals surface area (Å²) < 4.78 is 0. The van der Waals surface area contributed by atoms with Crippen LogP contribution in [0.15, 0.2) is 65.3 Å². The molecule has 1 aromatic heterocycles. The SMILES string of the molecule is CC1=C(C(=O)Nc2cccnc2)[C@@H](c2cccc(Cl)c2Cl)C2=C(CCCC2=O)N1. The number of benzene rings is 1. The Balaban J connectivity index is 1.84. The third-order valence-corrected chi connectivity index (χ3v) is 6.07. The van der Waals surface area contributed by atoms with Crippen molar-refractivity contribution in [2.45, 2.75) is 32.1 Å². The van der Waals surface area contributed by atoms with E-state index < -0.39 is 5.92 Å². The molecule has 0 spiro atoms. The molecule has 1 aromatic carbocycles. The van der Waals surface area contributed by atoms with E-state index in [0.717, 1.165) is 18.5 Å². The zero-order valence-corrected chi connectivity index (χ0v) is 17.3. The number of nitrogens with one attached hydrogen (secondary N) is 2. The van der Waals surface area contributed by atoms with Crippen LogP contribution in [0.3, 0.4) is 0 Å². The molecule has 0 unspecified atom stereocenters. The van der Waals surface area contributed by atoms with Crippen LogP contribution in [-0.4, -0.2) is 16.7 Å². The van der Waals surface area contributed by atoms with Crippen LogP contribution < -0.4 is 10.6 Å². The minimum absolute atomic E-state index is 0.0268. The molecule has 1 aliphatic carbocycles. The Labute approximate surface area is 178 Å². The number of anilines is 1. The normalized spacial score (nSPS) is 19.0. The second kappa shape index (κ2) is 8.01. The number of pyridine rings is 1. The van der Waals surface area contributed by atoms with E-state index in [1.807, 2.05) is 13.0 Å². The topological polar surface area (TPSA) is 71.1 Å². The number of nitrogens with zero attached hydrogens (tertiary/aromatic N) is 1. The summed E-state index contributed by atoms with van der Waals surface area (Å²) in [4.78, 5) is 30.2. The number of hydrogen-bond donors (Lipinski definition) is 2. The number of aromatic nitrogens is 1. The predicted octanol–water partition coefficient (Wildman–Crippen LogP) is 5.00. The number of hydrogen-bond acceptors (Lipinski definition) is 4. The molecule has 7 heteroatoms. The average Bonchev–Trinajstić information content (AvgIpc) is 2.70. The summed E-state index contributed by atoms with van der Waals surface area (Å²) in [5, 5.41) is 6.90. The molecule has 148 valence electrons. The highest BCUT2D eigenvalue weighted by molar-refractivity contribution is 6.42. The molecule has 0 bridgehead atoms. The predicted molar refractivity (Wildman–Crippen MR) is 114 cm³/mol. The van der Waals surface area contributed by atoms with Gasteiger partial charge in [-0.2, -0.15) is 0 Å². The maximum Gasteiger partial charge on any atom is 0.254 e. The van der Waals surface area contributed by atoms with Crippen molar-refractivity contribution in [1.82, 2.24) is 10.3 Å². The number of ketones is 1. The summed E-state index contributed by atoms with van der Waals surface area (Å²) in [6.07, 6.45) is 5.19. The van der Waals surface area contributed by atoms with Crippen molar-refractivity contribution in [1.29, 1.82) is 0 Å². The molecule has 1 atom stereocenters. The molecule has 2 aliphatic rings. The molecule has 0 saturated carbocycles.